The number of nitrogens with one attached hydrogen (secondary N) is 2. The van der Waals surface area contributed by atoms with Crippen LogP contribution in [-0.4, -0.2) is 36.7 Å². The molecule has 0 radical (unpaired) electrons. The van der Waals surface area contributed by atoms with Gasteiger partial charge in [0, 0.05) is 23.5 Å². The summed E-state index contributed by atoms with van der Waals surface area (Å²) < 4.78 is 27.3. The van der Waals surface area contributed by atoms with Crippen LogP contribution in [0.5, 0.6) is 0 Å². The zero-order chi connectivity index (χ0) is 32.3. The second-order valence-electron chi connectivity index (χ2n) is 11.5. The number of nitrogens with two attached hydrogens (primary N) is 3. The molecule has 236 valence electrons. The molecular weight excluding hydrogens is 612 g/mol. The SMILES string of the molecule is Cc1ccc(CC(NC(=O)[C@H]2CC[C@H](CN)CC2)c2nc(-c3ccc(C(N)=O)cc3)c(Cl)[nH]2)c(N)c1S(=O)(=O)c1ccccc1. The number of aryl methyl sites for hydroxylation is 1. The van der Waals surface area contributed by atoms with Crippen LogP contribution >= 0.6 is 11.6 Å². The molecular formula is C33H37ClN6O4S. The van der Waals surface area contributed by atoms with Gasteiger partial charge in [-0.2, -0.15) is 0 Å². The van der Waals surface area contributed by atoms with E-state index < -0.39 is 21.8 Å². The number of sulfone groups is 1. The zero-order valence-corrected chi connectivity index (χ0v) is 26.5. The maximum Gasteiger partial charge on any atom is 0.248 e. The molecule has 0 spiro atoms. The van der Waals surface area contributed by atoms with Gasteiger partial charge in [0.05, 0.1) is 21.5 Å². The Labute approximate surface area is 267 Å². The molecule has 0 bridgehead atoms. The number of hydrogen-bond acceptors (Lipinski definition) is 7. The van der Waals surface area contributed by atoms with E-state index in [1.807, 2.05) is 0 Å². The van der Waals surface area contributed by atoms with Crippen molar-refractivity contribution in [1.29, 1.82) is 0 Å². The molecule has 1 fully saturated rings. The number of primary amides is 1. The lowest BCUT2D eigenvalue weighted by atomic mass is 9.81. The lowest BCUT2D eigenvalue weighted by Gasteiger charge is -2.28. The fraction of sp³-hybridized carbons (Fsp3) is 0.303. The Kier molecular flexibility index (Phi) is 9.62. The quantitative estimate of drug-likeness (QED) is 0.154. The molecule has 1 aromatic heterocycles. The highest BCUT2D eigenvalue weighted by Gasteiger charge is 2.31. The predicted octanol–water partition coefficient (Wildman–Crippen LogP) is 4.72. The third-order valence-corrected chi connectivity index (χ3v) is 10.8. The van der Waals surface area contributed by atoms with Crippen molar-refractivity contribution in [3.63, 3.8) is 0 Å². The van der Waals surface area contributed by atoms with Gasteiger partial charge in [0.25, 0.3) is 0 Å². The highest BCUT2D eigenvalue weighted by molar-refractivity contribution is 7.91. The normalized spacial score (nSPS) is 17.5. The van der Waals surface area contributed by atoms with Gasteiger partial charge in [0.2, 0.25) is 21.7 Å². The second kappa shape index (κ2) is 13.4. The maximum absolute atomic E-state index is 13.7. The van der Waals surface area contributed by atoms with Crippen molar-refractivity contribution < 1.29 is 18.0 Å². The summed E-state index contributed by atoms with van der Waals surface area (Å²) in [5.74, 6) is -0.0768. The highest BCUT2D eigenvalue weighted by Crippen LogP contribution is 2.35. The number of nitrogen functional groups attached to an aromatic ring is 1. The minimum atomic E-state index is -3.92. The van der Waals surface area contributed by atoms with Crippen molar-refractivity contribution in [2.75, 3.05) is 12.3 Å². The van der Waals surface area contributed by atoms with Crippen LogP contribution in [0.15, 0.2) is 76.5 Å². The van der Waals surface area contributed by atoms with Gasteiger partial charge in [0.1, 0.15) is 16.7 Å². The first-order chi connectivity index (χ1) is 21.5. The smallest absolute Gasteiger partial charge is 0.248 e. The van der Waals surface area contributed by atoms with Gasteiger partial charge in [-0.05, 0) is 80.5 Å². The van der Waals surface area contributed by atoms with Gasteiger partial charge in [-0.1, -0.05) is 54.1 Å². The first-order valence-electron chi connectivity index (χ1n) is 14.8. The van der Waals surface area contributed by atoms with Crippen LogP contribution in [-0.2, 0) is 21.1 Å². The standard InChI is InChI=1S/C33H37ClN6O4S/c1-19-7-10-24(27(36)29(19)45(43,44)25-5-3-2-4-6-25)17-26(38-33(42)23-11-8-20(18-35)9-12-23)32-39-28(30(34)40-32)21-13-15-22(16-14-21)31(37)41/h2-7,10,13-16,20,23,26H,8-9,11-12,17-18,35-36H2,1H3,(H2,37,41)(H,38,42)(H,39,40)/t20-,23-,26?. The van der Waals surface area contributed by atoms with Crippen molar-refractivity contribution >= 4 is 38.9 Å². The van der Waals surface area contributed by atoms with E-state index in [9.17, 15) is 18.0 Å². The van der Waals surface area contributed by atoms with Gasteiger partial charge in [0.15, 0.2) is 0 Å². The molecule has 8 N–H and O–H groups in total. The number of nitrogens with zero attached hydrogens (tertiary/aromatic N) is 1. The van der Waals surface area contributed by atoms with Crippen molar-refractivity contribution in [2.24, 2.45) is 23.3 Å². The van der Waals surface area contributed by atoms with Gasteiger partial charge < -0.3 is 27.5 Å². The minimum absolute atomic E-state index is 0.0316. The molecule has 5 rings (SSSR count). The summed E-state index contributed by atoms with van der Waals surface area (Å²) >= 11 is 6.61. The first kappa shape index (κ1) is 32.2. The van der Waals surface area contributed by atoms with Crippen molar-refractivity contribution in [3.05, 3.63) is 94.4 Å². The van der Waals surface area contributed by atoms with Gasteiger partial charge in [-0.15, -0.1) is 0 Å². The summed E-state index contributed by atoms with van der Waals surface area (Å²) in [7, 11) is -3.92. The lowest BCUT2D eigenvalue weighted by Crippen LogP contribution is -2.37. The van der Waals surface area contributed by atoms with Crippen LogP contribution in [0.25, 0.3) is 11.3 Å². The maximum atomic E-state index is 13.7. The largest absolute Gasteiger partial charge is 0.397 e. The molecule has 45 heavy (non-hydrogen) atoms. The molecule has 1 aliphatic carbocycles. The van der Waals surface area contributed by atoms with Crippen molar-refractivity contribution in [1.82, 2.24) is 15.3 Å². The molecule has 0 saturated heterocycles. The van der Waals surface area contributed by atoms with Crippen LogP contribution < -0.4 is 22.5 Å². The van der Waals surface area contributed by atoms with E-state index in [-0.39, 0.29) is 38.9 Å². The zero-order valence-electron chi connectivity index (χ0n) is 24.9. The van der Waals surface area contributed by atoms with Gasteiger partial charge in [-0.25, -0.2) is 13.4 Å². The lowest BCUT2D eigenvalue weighted by molar-refractivity contribution is -0.127. The molecule has 1 unspecified atom stereocenters. The van der Waals surface area contributed by atoms with E-state index in [4.69, 9.17) is 33.8 Å². The number of amides is 2. The third kappa shape index (κ3) is 6.90. The summed E-state index contributed by atoms with van der Waals surface area (Å²) in [5, 5.41) is 3.38. The van der Waals surface area contributed by atoms with Crippen LogP contribution in [0.1, 0.15) is 59.0 Å². The number of carbonyl (C=O) groups is 2. The van der Waals surface area contributed by atoms with E-state index >= 15 is 0 Å². The molecule has 12 heteroatoms. The molecule has 1 atom stereocenters. The Balaban J connectivity index is 1.51. The van der Waals surface area contributed by atoms with E-state index in [2.05, 4.69) is 10.3 Å². The summed E-state index contributed by atoms with van der Waals surface area (Å²) in [5.41, 5.74) is 20.4. The molecule has 1 heterocycles. The predicted molar refractivity (Wildman–Crippen MR) is 174 cm³/mol. The average Bonchev–Trinajstić information content (AvgIpc) is 3.43. The number of carbonyl (C=O) groups excluding carboxylic acids is 2. The number of aromatic amines is 1. The van der Waals surface area contributed by atoms with Crippen LogP contribution in [0.2, 0.25) is 5.15 Å². The Morgan fingerprint density at radius 2 is 1.69 bits per heavy atom. The Hall–Kier alpha value is -4.19. The fourth-order valence-corrected chi connectivity index (χ4v) is 7.82. The summed E-state index contributed by atoms with van der Waals surface area (Å²) in [6, 6.07) is 17.5. The van der Waals surface area contributed by atoms with E-state index in [1.54, 1.807) is 61.5 Å². The van der Waals surface area contributed by atoms with Gasteiger partial charge >= 0.3 is 0 Å². The molecule has 3 aromatic carbocycles. The molecule has 1 saturated carbocycles. The Morgan fingerprint density at radius 3 is 2.31 bits per heavy atom. The van der Waals surface area contributed by atoms with E-state index in [0.717, 1.165) is 25.7 Å². The molecule has 10 nitrogen and oxygen atoms in total. The van der Waals surface area contributed by atoms with Crippen LogP contribution in [0.3, 0.4) is 0 Å². The number of hydrogen-bond donors (Lipinski definition) is 5. The number of H-pyrrole nitrogens is 1. The Morgan fingerprint density at radius 1 is 1.02 bits per heavy atom. The number of aromatic nitrogens is 2. The number of halogens is 1. The van der Waals surface area contributed by atoms with Crippen molar-refractivity contribution in [3.8, 4) is 11.3 Å². The Bertz CT molecular complexity index is 1800. The monoisotopic (exact) mass is 648 g/mol. The molecule has 0 aliphatic heterocycles. The summed E-state index contributed by atoms with van der Waals surface area (Å²) in [6.45, 7) is 2.31. The highest BCUT2D eigenvalue weighted by atomic mass is 35.5. The minimum Gasteiger partial charge on any atom is -0.397 e. The molecule has 1 aliphatic rings. The number of rotatable bonds is 10. The third-order valence-electron chi connectivity index (χ3n) is 8.55. The number of imidazole rings is 1. The van der Waals surface area contributed by atoms with Crippen LogP contribution in [0.4, 0.5) is 5.69 Å². The van der Waals surface area contributed by atoms with E-state index in [0.29, 0.717) is 46.2 Å². The van der Waals surface area contributed by atoms with Crippen LogP contribution in [0, 0.1) is 18.8 Å². The summed E-state index contributed by atoms with van der Waals surface area (Å²) in [4.78, 5) is 33.2. The summed E-state index contributed by atoms with van der Waals surface area (Å²) in [6.07, 6.45) is 3.36. The van der Waals surface area contributed by atoms with E-state index in [1.165, 1.54) is 12.1 Å². The fourth-order valence-electron chi connectivity index (χ4n) is 5.91. The topological polar surface area (TPSA) is 187 Å². The van der Waals surface area contributed by atoms with Crippen molar-refractivity contribution in [2.45, 2.75) is 54.9 Å². The second-order valence-corrected chi connectivity index (χ2v) is 13.8. The van der Waals surface area contributed by atoms with Gasteiger partial charge in [-0.3, -0.25) is 9.59 Å². The molecule has 4 aromatic rings. The molecule has 2 amide bonds. The first-order valence-corrected chi connectivity index (χ1v) is 16.7. The average molecular weight is 649 g/mol. The number of anilines is 1. The number of benzene rings is 3.